The summed E-state index contributed by atoms with van der Waals surface area (Å²) in [5.74, 6) is 5.41. The Balaban J connectivity index is 2.41. The Morgan fingerprint density at radius 1 is 1.06 bits per heavy atom. The van der Waals surface area contributed by atoms with Gasteiger partial charge < -0.3 is 5.84 Å². The average molecular weight is 222 g/mol. The third kappa shape index (κ3) is 2.29. The standard InChI is InChI=1S/C13H10N4/c14-9-10-1-3-11(4-2-10)13(17-15)12-5-7-16-8-6-12/h1-8H,15H2/b17-13+. The normalized spacial score (nSPS) is 10.9. The zero-order valence-electron chi connectivity index (χ0n) is 9.04. The van der Waals surface area contributed by atoms with Crippen molar-refractivity contribution in [2.24, 2.45) is 10.9 Å². The van der Waals surface area contributed by atoms with Crippen molar-refractivity contribution in [3.8, 4) is 6.07 Å². The van der Waals surface area contributed by atoms with Crippen molar-refractivity contribution >= 4 is 5.71 Å². The third-order valence-electron chi connectivity index (χ3n) is 2.37. The monoisotopic (exact) mass is 222 g/mol. The van der Waals surface area contributed by atoms with Gasteiger partial charge in [-0.2, -0.15) is 10.4 Å². The smallest absolute Gasteiger partial charge is 0.0991 e. The van der Waals surface area contributed by atoms with E-state index in [1.165, 1.54) is 0 Å². The number of hydrogen-bond acceptors (Lipinski definition) is 4. The summed E-state index contributed by atoms with van der Waals surface area (Å²) in [6, 6.07) is 12.9. The Morgan fingerprint density at radius 3 is 2.18 bits per heavy atom. The zero-order chi connectivity index (χ0) is 12.1. The molecule has 1 aromatic heterocycles. The number of hydrogen-bond donors (Lipinski definition) is 1. The van der Waals surface area contributed by atoms with E-state index >= 15 is 0 Å². The molecular formula is C13H10N4. The van der Waals surface area contributed by atoms with E-state index in [9.17, 15) is 0 Å². The quantitative estimate of drug-likeness (QED) is 0.477. The van der Waals surface area contributed by atoms with Gasteiger partial charge in [0.1, 0.15) is 0 Å². The molecule has 0 aliphatic rings. The van der Waals surface area contributed by atoms with Gasteiger partial charge in [-0.05, 0) is 24.3 Å². The summed E-state index contributed by atoms with van der Waals surface area (Å²) >= 11 is 0. The van der Waals surface area contributed by atoms with Crippen LogP contribution in [0.15, 0.2) is 53.9 Å². The van der Waals surface area contributed by atoms with Crippen molar-refractivity contribution in [1.29, 1.82) is 5.26 Å². The van der Waals surface area contributed by atoms with Crippen LogP contribution >= 0.6 is 0 Å². The summed E-state index contributed by atoms with van der Waals surface area (Å²) in [6.07, 6.45) is 3.37. The summed E-state index contributed by atoms with van der Waals surface area (Å²) in [5.41, 5.74) is 3.06. The molecule has 17 heavy (non-hydrogen) atoms. The van der Waals surface area contributed by atoms with Crippen molar-refractivity contribution in [2.75, 3.05) is 0 Å². The predicted octanol–water partition coefficient (Wildman–Crippen LogP) is 1.66. The van der Waals surface area contributed by atoms with E-state index in [-0.39, 0.29) is 0 Å². The first kappa shape index (κ1) is 10.8. The van der Waals surface area contributed by atoms with Crippen LogP contribution in [0.3, 0.4) is 0 Å². The molecule has 0 aliphatic carbocycles. The highest BCUT2D eigenvalue weighted by Crippen LogP contribution is 2.10. The second-order valence-electron chi connectivity index (χ2n) is 3.40. The van der Waals surface area contributed by atoms with Crippen LogP contribution in [0, 0.1) is 11.3 Å². The van der Waals surface area contributed by atoms with E-state index < -0.39 is 0 Å². The maximum absolute atomic E-state index is 8.73. The van der Waals surface area contributed by atoms with Gasteiger partial charge in [0.05, 0.1) is 17.3 Å². The molecule has 0 amide bonds. The Kier molecular flexibility index (Phi) is 3.13. The van der Waals surface area contributed by atoms with E-state index in [1.807, 2.05) is 24.3 Å². The molecule has 0 bridgehead atoms. The summed E-state index contributed by atoms with van der Waals surface area (Å²) in [6.45, 7) is 0. The van der Waals surface area contributed by atoms with E-state index in [0.29, 0.717) is 11.3 Å². The lowest BCUT2D eigenvalue weighted by atomic mass is 10.0. The molecule has 0 saturated heterocycles. The molecule has 0 saturated carbocycles. The van der Waals surface area contributed by atoms with Gasteiger partial charge in [0.2, 0.25) is 0 Å². The van der Waals surface area contributed by atoms with Gasteiger partial charge in [-0.25, -0.2) is 0 Å². The number of rotatable bonds is 2. The summed E-state index contributed by atoms with van der Waals surface area (Å²) in [7, 11) is 0. The van der Waals surface area contributed by atoms with E-state index in [4.69, 9.17) is 11.1 Å². The van der Waals surface area contributed by atoms with Gasteiger partial charge in [0, 0.05) is 23.5 Å². The van der Waals surface area contributed by atoms with Gasteiger partial charge in [0.15, 0.2) is 0 Å². The fraction of sp³-hybridized carbons (Fsp3) is 0. The molecule has 0 fully saturated rings. The number of hydrazone groups is 1. The van der Waals surface area contributed by atoms with Crippen molar-refractivity contribution in [1.82, 2.24) is 4.98 Å². The molecule has 2 N–H and O–H groups in total. The molecule has 0 atom stereocenters. The summed E-state index contributed by atoms with van der Waals surface area (Å²) < 4.78 is 0. The molecule has 0 aliphatic heterocycles. The highest BCUT2D eigenvalue weighted by atomic mass is 15.1. The van der Waals surface area contributed by atoms with Crippen LogP contribution in [0.4, 0.5) is 0 Å². The SMILES string of the molecule is N#Cc1ccc(/C(=N\N)c2ccncc2)cc1. The van der Waals surface area contributed by atoms with Crippen LogP contribution in [0.2, 0.25) is 0 Å². The van der Waals surface area contributed by atoms with Crippen molar-refractivity contribution in [3.63, 3.8) is 0 Å². The highest BCUT2D eigenvalue weighted by molar-refractivity contribution is 6.12. The Morgan fingerprint density at radius 2 is 1.65 bits per heavy atom. The van der Waals surface area contributed by atoms with Crippen LogP contribution in [0.25, 0.3) is 0 Å². The number of nitrogens with two attached hydrogens (primary N) is 1. The topological polar surface area (TPSA) is 75.1 Å². The molecule has 2 rings (SSSR count). The van der Waals surface area contributed by atoms with Gasteiger partial charge in [-0.1, -0.05) is 12.1 Å². The minimum Gasteiger partial charge on any atom is -0.323 e. The molecule has 4 heteroatoms. The number of benzene rings is 1. The second kappa shape index (κ2) is 4.90. The fourth-order valence-corrected chi connectivity index (χ4v) is 1.53. The number of nitriles is 1. The maximum atomic E-state index is 8.73. The van der Waals surface area contributed by atoms with Gasteiger partial charge in [0.25, 0.3) is 0 Å². The van der Waals surface area contributed by atoms with Gasteiger partial charge in [-0.3, -0.25) is 4.98 Å². The third-order valence-corrected chi connectivity index (χ3v) is 2.37. The maximum Gasteiger partial charge on any atom is 0.0991 e. The van der Waals surface area contributed by atoms with Crippen molar-refractivity contribution < 1.29 is 0 Å². The molecular weight excluding hydrogens is 212 g/mol. The van der Waals surface area contributed by atoms with E-state index in [2.05, 4.69) is 16.2 Å². The first-order valence-corrected chi connectivity index (χ1v) is 5.04. The number of nitrogens with zero attached hydrogens (tertiary/aromatic N) is 3. The lowest BCUT2D eigenvalue weighted by Crippen LogP contribution is -2.06. The highest BCUT2D eigenvalue weighted by Gasteiger charge is 2.06. The molecule has 2 aromatic rings. The summed E-state index contributed by atoms with van der Waals surface area (Å²) in [5, 5.41) is 12.5. The average Bonchev–Trinajstić information content (AvgIpc) is 2.42. The molecule has 1 aromatic carbocycles. The van der Waals surface area contributed by atoms with Crippen LogP contribution in [0.5, 0.6) is 0 Å². The minimum atomic E-state index is 0.611. The number of pyridine rings is 1. The molecule has 0 radical (unpaired) electrons. The molecule has 4 nitrogen and oxygen atoms in total. The fourth-order valence-electron chi connectivity index (χ4n) is 1.53. The van der Waals surface area contributed by atoms with Gasteiger partial charge in [-0.15, -0.1) is 0 Å². The van der Waals surface area contributed by atoms with Crippen LogP contribution in [-0.2, 0) is 0 Å². The lowest BCUT2D eigenvalue weighted by molar-refractivity contribution is 1.23. The molecule has 1 heterocycles. The predicted molar refractivity (Wildman–Crippen MR) is 65.2 cm³/mol. The van der Waals surface area contributed by atoms with Crippen molar-refractivity contribution in [3.05, 3.63) is 65.5 Å². The van der Waals surface area contributed by atoms with E-state index in [0.717, 1.165) is 11.1 Å². The second-order valence-corrected chi connectivity index (χ2v) is 3.40. The van der Waals surface area contributed by atoms with Crippen LogP contribution in [0.1, 0.15) is 16.7 Å². The first-order chi connectivity index (χ1) is 8.35. The van der Waals surface area contributed by atoms with Crippen LogP contribution in [-0.4, -0.2) is 10.7 Å². The molecule has 82 valence electrons. The largest absolute Gasteiger partial charge is 0.323 e. The van der Waals surface area contributed by atoms with Crippen LogP contribution < -0.4 is 5.84 Å². The zero-order valence-corrected chi connectivity index (χ0v) is 9.04. The van der Waals surface area contributed by atoms with Gasteiger partial charge >= 0.3 is 0 Å². The summed E-state index contributed by atoms with van der Waals surface area (Å²) in [4.78, 5) is 3.94. The Hall–Kier alpha value is -2.67. The minimum absolute atomic E-state index is 0.611. The first-order valence-electron chi connectivity index (χ1n) is 5.04. The molecule has 0 spiro atoms. The lowest BCUT2D eigenvalue weighted by Gasteiger charge is -2.05. The Labute approximate surface area is 99.0 Å². The molecule has 0 unspecified atom stereocenters. The van der Waals surface area contributed by atoms with Crippen molar-refractivity contribution in [2.45, 2.75) is 0 Å². The van der Waals surface area contributed by atoms with E-state index in [1.54, 1.807) is 24.5 Å². The Bertz CT molecular complexity index is 565. The number of aromatic nitrogens is 1.